The number of tetrazole rings is 1. The highest BCUT2D eigenvalue weighted by Gasteiger charge is 2.42. The highest BCUT2D eigenvalue weighted by Crippen LogP contribution is 2.49. The number of rotatable bonds is 4. The van der Waals surface area contributed by atoms with E-state index in [1.807, 2.05) is 24.3 Å². The number of nitrogens with one attached hydrogen (secondary N) is 1. The zero-order chi connectivity index (χ0) is 15.8. The van der Waals surface area contributed by atoms with Gasteiger partial charge in [0.05, 0.1) is 5.69 Å². The molecule has 23 heavy (non-hydrogen) atoms. The van der Waals surface area contributed by atoms with Crippen LogP contribution in [0.25, 0.3) is 5.69 Å². The van der Waals surface area contributed by atoms with Crippen molar-refractivity contribution in [3.8, 4) is 5.69 Å². The summed E-state index contributed by atoms with van der Waals surface area (Å²) in [5.41, 5.74) is 1.52. The SMILES string of the molecule is C[C@@H](NC(=O)c1ccc(-n2cnnn2)cc1)[C@@H]1C[C@H]2CC[C@H]1C2. The molecule has 1 amide bonds. The van der Waals surface area contributed by atoms with E-state index in [9.17, 15) is 4.79 Å². The van der Waals surface area contributed by atoms with Gasteiger partial charge in [-0.15, -0.1) is 5.10 Å². The summed E-state index contributed by atoms with van der Waals surface area (Å²) in [5, 5.41) is 14.3. The Morgan fingerprint density at radius 3 is 2.70 bits per heavy atom. The average molecular weight is 311 g/mol. The van der Waals surface area contributed by atoms with Gasteiger partial charge in [0.15, 0.2) is 0 Å². The van der Waals surface area contributed by atoms with E-state index in [1.165, 1.54) is 32.0 Å². The van der Waals surface area contributed by atoms with Crippen LogP contribution in [-0.4, -0.2) is 32.2 Å². The maximum atomic E-state index is 12.5. The lowest BCUT2D eigenvalue weighted by atomic mass is 9.84. The van der Waals surface area contributed by atoms with E-state index in [-0.39, 0.29) is 11.9 Å². The molecule has 2 saturated carbocycles. The molecule has 6 nitrogen and oxygen atoms in total. The predicted octanol–water partition coefficient (Wildman–Crippen LogP) is 2.22. The van der Waals surface area contributed by atoms with E-state index < -0.39 is 0 Å². The van der Waals surface area contributed by atoms with Crippen molar-refractivity contribution in [2.24, 2.45) is 17.8 Å². The lowest BCUT2D eigenvalue weighted by Crippen LogP contribution is -2.40. The summed E-state index contributed by atoms with van der Waals surface area (Å²) >= 11 is 0. The second-order valence-corrected chi connectivity index (χ2v) is 6.90. The second kappa shape index (κ2) is 5.76. The fourth-order valence-electron chi connectivity index (χ4n) is 4.35. The average Bonchev–Trinajstić information content (AvgIpc) is 3.32. The van der Waals surface area contributed by atoms with E-state index in [0.29, 0.717) is 11.5 Å². The van der Waals surface area contributed by atoms with Gasteiger partial charge in [-0.3, -0.25) is 4.79 Å². The van der Waals surface area contributed by atoms with E-state index in [1.54, 1.807) is 4.68 Å². The Kier molecular flexibility index (Phi) is 3.59. The van der Waals surface area contributed by atoms with Gasteiger partial charge in [0.1, 0.15) is 6.33 Å². The number of hydrogen-bond donors (Lipinski definition) is 1. The first-order chi connectivity index (χ1) is 11.2. The Morgan fingerprint density at radius 2 is 2.09 bits per heavy atom. The molecule has 2 aliphatic rings. The molecule has 0 aliphatic heterocycles. The van der Waals surface area contributed by atoms with Crippen LogP contribution in [0.1, 0.15) is 43.0 Å². The van der Waals surface area contributed by atoms with Crippen LogP contribution in [-0.2, 0) is 0 Å². The maximum Gasteiger partial charge on any atom is 0.251 e. The van der Waals surface area contributed by atoms with Gasteiger partial charge in [-0.2, -0.15) is 0 Å². The molecular weight excluding hydrogens is 290 g/mol. The monoisotopic (exact) mass is 311 g/mol. The minimum atomic E-state index is 0.00328. The number of nitrogens with zero attached hydrogens (tertiary/aromatic N) is 4. The van der Waals surface area contributed by atoms with Crippen molar-refractivity contribution >= 4 is 5.91 Å². The summed E-state index contributed by atoms with van der Waals surface area (Å²) in [6.07, 6.45) is 6.92. The fraction of sp³-hybridized carbons (Fsp3) is 0.529. The molecular formula is C17H21N5O. The number of benzene rings is 1. The molecule has 4 atom stereocenters. The molecule has 1 heterocycles. The van der Waals surface area contributed by atoms with Gasteiger partial charge in [-0.05, 0) is 78.6 Å². The maximum absolute atomic E-state index is 12.5. The summed E-state index contributed by atoms with van der Waals surface area (Å²) in [7, 11) is 0. The van der Waals surface area contributed by atoms with Gasteiger partial charge in [-0.25, -0.2) is 4.68 Å². The first-order valence-electron chi connectivity index (χ1n) is 8.35. The fourth-order valence-corrected chi connectivity index (χ4v) is 4.35. The largest absolute Gasteiger partial charge is 0.349 e. The lowest BCUT2D eigenvalue weighted by molar-refractivity contribution is 0.0915. The molecule has 2 aromatic rings. The molecule has 1 N–H and O–H groups in total. The van der Waals surface area contributed by atoms with Crippen LogP contribution in [0.3, 0.4) is 0 Å². The minimum absolute atomic E-state index is 0.00328. The third kappa shape index (κ3) is 2.73. The van der Waals surface area contributed by atoms with Crippen molar-refractivity contribution < 1.29 is 4.79 Å². The van der Waals surface area contributed by atoms with Crippen LogP contribution in [0.15, 0.2) is 30.6 Å². The molecule has 0 saturated heterocycles. The van der Waals surface area contributed by atoms with Gasteiger partial charge < -0.3 is 5.32 Å². The summed E-state index contributed by atoms with van der Waals surface area (Å²) in [6.45, 7) is 2.15. The van der Waals surface area contributed by atoms with Crippen LogP contribution >= 0.6 is 0 Å². The van der Waals surface area contributed by atoms with Crippen molar-refractivity contribution in [2.45, 2.75) is 38.6 Å². The normalized spacial score (nSPS) is 27.1. The van der Waals surface area contributed by atoms with Gasteiger partial charge >= 0.3 is 0 Å². The number of aromatic nitrogens is 4. The first-order valence-corrected chi connectivity index (χ1v) is 8.35. The second-order valence-electron chi connectivity index (χ2n) is 6.90. The summed E-state index contributed by atoms with van der Waals surface area (Å²) in [4.78, 5) is 12.5. The topological polar surface area (TPSA) is 72.7 Å². The lowest BCUT2D eigenvalue weighted by Gasteiger charge is -2.28. The number of fused-ring (bicyclic) bond motifs is 2. The zero-order valence-electron chi connectivity index (χ0n) is 13.2. The van der Waals surface area contributed by atoms with E-state index in [2.05, 4.69) is 27.8 Å². The summed E-state index contributed by atoms with van der Waals surface area (Å²) < 4.78 is 1.57. The molecule has 1 aromatic carbocycles. The standard InChI is InChI=1S/C17H21N5O/c1-11(16-9-12-2-3-14(16)8-12)19-17(23)13-4-6-15(7-5-13)22-10-18-20-21-22/h4-7,10-12,14,16H,2-3,8-9H2,1H3,(H,19,23)/t11-,12+,14+,16+/m1/s1. The Hall–Kier alpha value is -2.24. The molecule has 2 aliphatic carbocycles. The zero-order valence-corrected chi connectivity index (χ0v) is 13.2. The molecule has 0 radical (unpaired) electrons. The van der Waals surface area contributed by atoms with E-state index in [0.717, 1.165) is 17.5 Å². The van der Waals surface area contributed by atoms with Crippen molar-refractivity contribution in [3.63, 3.8) is 0 Å². The Morgan fingerprint density at radius 1 is 1.26 bits per heavy atom. The van der Waals surface area contributed by atoms with Crippen molar-refractivity contribution in [1.29, 1.82) is 0 Å². The third-order valence-electron chi connectivity index (χ3n) is 5.54. The van der Waals surface area contributed by atoms with Crippen molar-refractivity contribution in [3.05, 3.63) is 36.2 Å². The quantitative estimate of drug-likeness (QED) is 0.939. The molecule has 4 rings (SSSR count). The molecule has 0 spiro atoms. The van der Waals surface area contributed by atoms with Crippen molar-refractivity contribution in [2.75, 3.05) is 0 Å². The van der Waals surface area contributed by atoms with E-state index >= 15 is 0 Å². The van der Waals surface area contributed by atoms with Gasteiger partial charge in [0.2, 0.25) is 0 Å². The predicted molar refractivity (Wildman–Crippen MR) is 85.0 cm³/mol. The van der Waals surface area contributed by atoms with Gasteiger partial charge in [0.25, 0.3) is 5.91 Å². The Labute approximate surface area is 135 Å². The number of carbonyl (C=O) groups excluding carboxylic acids is 1. The molecule has 2 fully saturated rings. The first kappa shape index (κ1) is 14.4. The third-order valence-corrected chi connectivity index (χ3v) is 5.54. The van der Waals surface area contributed by atoms with Gasteiger partial charge in [0, 0.05) is 11.6 Å². The Balaban J connectivity index is 1.41. The van der Waals surface area contributed by atoms with E-state index in [4.69, 9.17) is 0 Å². The van der Waals surface area contributed by atoms with Crippen LogP contribution in [0.4, 0.5) is 0 Å². The smallest absolute Gasteiger partial charge is 0.251 e. The van der Waals surface area contributed by atoms with Crippen LogP contribution < -0.4 is 5.32 Å². The highest BCUT2D eigenvalue weighted by atomic mass is 16.1. The number of amides is 1. The number of hydrogen-bond acceptors (Lipinski definition) is 4. The Bertz CT molecular complexity index is 682. The number of carbonyl (C=O) groups is 1. The molecule has 2 bridgehead atoms. The molecule has 0 unspecified atom stereocenters. The molecule has 6 heteroatoms. The molecule has 120 valence electrons. The summed E-state index contributed by atoms with van der Waals surface area (Å²) in [5.74, 6) is 2.37. The van der Waals surface area contributed by atoms with Crippen LogP contribution in [0.5, 0.6) is 0 Å². The van der Waals surface area contributed by atoms with Crippen LogP contribution in [0, 0.1) is 17.8 Å². The minimum Gasteiger partial charge on any atom is -0.349 e. The highest BCUT2D eigenvalue weighted by molar-refractivity contribution is 5.94. The van der Waals surface area contributed by atoms with Gasteiger partial charge in [-0.1, -0.05) is 6.42 Å². The summed E-state index contributed by atoms with van der Waals surface area (Å²) in [6, 6.07) is 7.60. The molecule has 1 aromatic heterocycles. The van der Waals surface area contributed by atoms with Crippen molar-refractivity contribution in [1.82, 2.24) is 25.5 Å². The van der Waals surface area contributed by atoms with Crippen LogP contribution in [0.2, 0.25) is 0 Å².